The standard InChI is InChI=1S/C71H48O4/c1-5-33-73-59-30-22-47-37-55(26-18-51(47)41-59)70(54-25-17-50-40-58(72-8-4)29-21-46(50)36-54)66-15-11-9-13-62(66)64-45-69-65(44-68(64)70)63-14-10-12-16-67(63)71(69,56-27-19-52-42-60(74-34-6-2)31-23-48(52)38-56)57-28-20-53-43-61(75-35-7-3)32-24-49(53)39-57/h1-3,9-32,36-45H,8,33-35H2,4H3. The van der Waals surface area contributed by atoms with Gasteiger partial charge < -0.3 is 18.9 Å². The van der Waals surface area contributed by atoms with Crippen molar-refractivity contribution >= 4 is 43.1 Å². The summed E-state index contributed by atoms with van der Waals surface area (Å²) in [6, 6.07) is 75.8. The first-order valence-electron chi connectivity index (χ1n) is 25.3. The molecular weight excluding hydrogens is 917 g/mol. The number of fused-ring (bicyclic) bond motifs is 10. The molecule has 0 heterocycles. The van der Waals surface area contributed by atoms with Crippen molar-refractivity contribution in [2.75, 3.05) is 26.4 Å². The van der Waals surface area contributed by atoms with Gasteiger partial charge in [0.05, 0.1) is 17.4 Å². The zero-order valence-electron chi connectivity index (χ0n) is 41.3. The molecule has 11 aromatic rings. The van der Waals surface area contributed by atoms with Crippen molar-refractivity contribution in [3.8, 4) is 82.3 Å². The van der Waals surface area contributed by atoms with E-state index in [2.05, 4.69) is 206 Å². The van der Waals surface area contributed by atoms with Gasteiger partial charge in [-0.25, -0.2) is 0 Å². The normalized spacial score (nSPS) is 14.5. The third-order valence-corrected chi connectivity index (χ3v) is 15.5. The van der Waals surface area contributed by atoms with E-state index in [1.54, 1.807) is 0 Å². The fourth-order valence-corrected chi connectivity index (χ4v) is 12.4. The highest BCUT2D eigenvalue weighted by atomic mass is 16.5. The quantitative estimate of drug-likeness (QED) is 0.114. The van der Waals surface area contributed by atoms with Gasteiger partial charge in [0, 0.05) is 0 Å². The van der Waals surface area contributed by atoms with Gasteiger partial charge in [0.2, 0.25) is 0 Å². The van der Waals surface area contributed by atoms with Crippen LogP contribution in [0, 0.1) is 37.0 Å². The molecule has 0 fully saturated rings. The van der Waals surface area contributed by atoms with Crippen LogP contribution in [0.3, 0.4) is 0 Å². The molecule has 0 aliphatic heterocycles. The van der Waals surface area contributed by atoms with Gasteiger partial charge in [-0.3, -0.25) is 0 Å². The molecule has 4 heteroatoms. The molecule has 0 N–H and O–H groups in total. The predicted molar refractivity (Wildman–Crippen MR) is 305 cm³/mol. The predicted octanol–water partition coefficient (Wildman–Crippen LogP) is 15.5. The monoisotopic (exact) mass is 964 g/mol. The average Bonchev–Trinajstić information content (AvgIpc) is 4.13. The van der Waals surface area contributed by atoms with Gasteiger partial charge in [-0.05, 0) is 202 Å². The molecule has 0 bridgehead atoms. The van der Waals surface area contributed by atoms with E-state index in [9.17, 15) is 0 Å². The molecule has 1 atom stereocenters. The van der Waals surface area contributed by atoms with E-state index < -0.39 is 10.8 Å². The van der Waals surface area contributed by atoms with Crippen LogP contribution in [0.15, 0.2) is 206 Å². The fourth-order valence-electron chi connectivity index (χ4n) is 12.4. The van der Waals surface area contributed by atoms with Crippen molar-refractivity contribution in [3.05, 3.63) is 251 Å². The summed E-state index contributed by atoms with van der Waals surface area (Å²) >= 11 is 0. The minimum Gasteiger partial charge on any atom is -0.494 e. The minimum atomic E-state index is -0.746. The zero-order valence-corrected chi connectivity index (χ0v) is 41.3. The van der Waals surface area contributed by atoms with Crippen LogP contribution in [0.4, 0.5) is 0 Å². The van der Waals surface area contributed by atoms with E-state index in [0.717, 1.165) is 77.2 Å². The second-order valence-corrected chi connectivity index (χ2v) is 19.3. The van der Waals surface area contributed by atoms with E-state index >= 15 is 0 Å². The lowest BCUT2D eigenvalue weighted by molar-refractivity contribution is 0.341. The van der Waals surface area contributed by atoms with Crippen LogP contribution in [0.1, 0.15) is 51.4 Å². The molecule has 0 radical (unpaired) electrons. The summed E-state index contributed by atoms with van der Waals surface area (Å²) in [5.74, 6) is 10.9. The number of terminal acetylenes is 3. The summed E-state index contributed by atoms with van der Waals surface area (Å²) < 4.78 is 23.7. The second kappa shape index (κ2) is 18.1. The summed E-state index contributed by atoms with van der Waals surface area (Å²) in [4.78, 5) is 0. The Labute approximate surface area is 437 Å². The van der Waals surface area contributed by atoms with E-state index in [1.165, 1.54) is 55.6 Å². The molecule has 0 saturated heterocycles. The van der Waals surface area contributed by atoms with Gasteiger partial charge in [0.1, 0.15) is 42.8 Å². The molecule has 11 aromatic carbocycles. The summed E-state index contributed by atoms with van der Waals surface area (Å²) in [5.41, 5.74) is 12.8. The molecule has 0 aromatic heterocycles. The van der Waals surface area contributed by atoms with Crippen LogP contribution in [0.25, 0.3) is 65.3 Å². The highest BCUT2D eigenvalue weighted by Crippen LogP contribution is 2.63. The number of rotatable bonds is 12. The number of ether oxygens (including phenoxy) is 4. The van der Waals surface area contributed by atoms with Crippen LogP contribution >= 0.6 is 0 Å². The average molecular weight is 965 g/mol. The van der Waals surface area contributed by atoms with Crippen molar-refractivity contribution in [2.45, 2.75) is 17.8 Å². The van der Waals surface area contributed by atoms with Gasteiger partial charge in [-0.1, -0.05) is 139 Å². The summed E-state index contributed by atoms with van der Waals surface area (Å²) in [7, 11) is 0. The molecule has 0 saturated carbocycles. The first kappa shape index (κ1) is 45.2. The van der Waals surface area contributed by atoms with Gasteiger partial charge >= 0.3 is 0 Å². The van der Waals surface area contributed by atoms with Crippen molar-refractivity contribution in [1.82, 2.24) is 0 Å². The van der Waals surface area contributed by atoms with E-state index in [4.69, 9.17) is 38.2 Å². The Hall–Kier alpha value is -9.66. The number of benzene rings is 11. The van der Waals surface area contributed by atoms with Crippen molar-refractivity contribution < 1.29 is 18.9 Å². The molecule has 2 aliphatic rings. The molecule has 75 heavy (non-hydrogen) atoms. The van der Waals surface area contributed by atoms with Crippen LogP contribution in [-0.2, 0) is 10.8 Å². The van der Waals surface area contributed by atoms with Crippen LogP contribution in [-0.4, -0.2) is 26.4 Å². The Morgan fingerprint density at radius 1 is 0.307 bits per heavy atom. The Bertz CT molecular complexity index is 4170. The lowest BCUT2D eigenvalue weighted by Crippen LogP contribution is -2.30. The van der Waals surface area contributed by atoms with Gasteiger partial charge in [0.15, 0.2) is 0 Å². The van der Waals surface area contributed by atoms with E-state index in [0.29, 0.717) is 6.61 Å². The lowest BCUT2D eigenvalue weighted by atomic mass is 9.65. The highest BCUT2D eigenvalue weighted by molar-refractivity contribution is 5.98. The Balaban J connectivity index is 1.10. The Morgan fingerprint density at radius 2 is 0.600 bits per heavy atom. The third-order valence-electron chi connectivity index (χ3n) is 15.5. The fraction of sp³-hybridized carbons (Fsp3) is 0.0986. The van der Waals surface area contributed by atoms with Crippen LogP contribution in [0.2, 0.25) is 0 Å². The maximum atomic E-state index is 5.99. The lowest BCUT2D eigenvalue weighted by Gasteiger charge is -2.36. The third kappa shape index (κ3) is 7.12. The number of hydrogen-bond acceptors (Lipinski definition) is 4. The summed E-state index contributed by atoms with van der Waals surface area (Å²) in [6.07, 6.45) is 16.8. The SMILES string of the molecule is C#CCOc1ccc2cc(C3(c4ccc5cc(OCC)ccc5c4)c4ccccc4-c4cc5c(cc43)-c3ccccc3C5(c3ccc4cc(OCC#C)ccc4c3)c3ccc4cc(OCC#C)ccc4c3)ccc2c1. The van der Waals surface area contributed by atoms with Crippen molar-refractivity contribution in [3.63, 3.8) is 0 Å². The second-order valence-electron chi connectivity index (χ2n) is 19.3. The summed E-state index contributed by atoms with van der Waals surface area (Å²) in [6.45, 7) is 3.24. The molecule has 356 valence electrons. The largest absolute Gasteiger partial charge is 0.494 e. The molecule has 4 nitrogen and oxygen atoms in total. The Kier molecular flexibility index (Phi) is 10.9. The molecule has 0 spiro atoms. The Morgan fingerprint density at radius 3 is 0.920 bits per heavy atom. The molecule has 0 amide bonds. The smallest absolute Gasteiger partial charge is 0.148 e. The highest BCUT2D eigenvalue weighted by Gasteiger charge is 2.51. The molecule has 13 rings (SSSR count). The topological polar surface area (TPSA) is 36.9 Å². The van der Waals surface area contributed by atoms with Crippen LogP contribution < -0.4 is 18.9 Å². The van der Waals surface area contributed by atoms with Gasteiger partial charge in [-0.15, -0.1) is 19.3 Å². The first-order chi connectivity index (χ1) is 36.9. The van der Waals surface area contributed by atoms with Gasteiger partial charge in [0.25, 0.3) is 0 Å². The first-order valence-corrected chi connectivity index (χ1v) is 25.3. The van der Waals surface area contributed by atoms with E-state index in [1.807, 2.05) is 25.1 Å². The van der Waals surface area contributed by atoms with E-state index in [-0.39, 0.29) is 19.8 Å². The molecule has 1 unspecified atom stereocenters. The summed E-state index contributed by atoms with van der Waals surface area (Å²) in [5, 5.41) is 8.77. The van der Waals surface area contributed by atoms with Crippen LogP contribution in [0.5, 0.6) is 23.0 Å². The molecular formula is C71H48O4. The molecule has 2 aliphatic carbocycles. The van der Waals surface area contributed by atoms with Crippen molar-refractivity contribution in [1.29, 1.82) is 0 Å². The zero-order chi connectivity index (χ0) is 50.7. The maximum Gasteiger partial charge on any atom is 0.148 e. The minimum absolute atomic E-state index is 0.204. The van der Waals surface area contributed by atoms with Gasteiger partial charge in [-0.2, -0.15) is 0 Å². The maximum absolute atomic E-state index is 5.99. The van der Waals surface area contributed by atoms with Crippen molar-refractivity contribution in [2.24, 2.45) is 0 Å². The number of hydrogen-bond donors (Lipinski definition) is 0.